The molecule has 0 spiro atoms. The van der Waals surface area contributed by atoms with Crippen molar-refractivity contribution in [2.24, 2.45) is 17.4 Å². The lowest BCUT2D eigenvalue weighted by Gasteiger charge is -2.25. The highest BCUT2D eigenvalue weighted by Crippen LogP contribution is 2.19. The molecule has 1 aromatic heterocycles. The van der Waals surface area contributed by atoms with Gasteiger partial charge < -0.3 is 42.6 Å². The standard InChI is InChI=1S/C26H36N6O8/c1-13(2)9-19(31-23(36)16(27)11-21(28)33)25(38)30-18(7-8-22(34)35)24(37)32-20(26(39)40)10-14-12-29-17-6-4-3-5-15(14)17/h3-6,12-13,16,18-20,29H,7-11,27H2,1-2H3,(H2,28,33)(H,30,38)(H,31,36)(H,32,37)(H,34,35)(H,39,40). The van der Waals surface area contributed by atoms with Crippen molar-refractivity contribution in [3.05, 3.63) is 36.0 Å². The van der Waals surface area contributed by atoms with Crippen LogP contribution in [0.1, 0.15) is 45.1 Å². The summed E-state index contributed by atoms with van der Waals surface area (Å²) in [6, 6.07) is 1.95. The molecule has 0 aliphatic rings. The molecule has 0 bridgehead atoms. The average Bonchev–Trinajstić information content (AvgIpc) is 3.27. The lowest BCUT2D eigenvalue weighted by molar-refractivity contribution is -0.143. The van der Waals surface area contributed by atoms with Gasteiger partial charge in [0.05, 0.1) is 12.5 Å². The fraction of sp³-hybridized carbons (Fsp3) is 0.462. The molecule has 4 unspecified atom stereocenters. The summed E-state index contributed by atoms with van der Waals surface area (Å²) in [5.74, 6) is -5.97. The lowest BCUT2D eigenvalue weighted by Crippen LogP contribution is -2.57. The van der Waals surface area contributed by atoms with E-state index in [2.05, 4.69) is 20.9 Å². The van der Waals surface area contributed by atoms with Gasteiger partial charge in [0.15, 0.2) is 0 Å². The normalized spacial score (nSPS) is 14.1. The number of amides is 4. The van der Waals surface area contributed by atoms with Crippen LogP contribution in [0, 0.1) is 5.92 Å². The second kappa shape index (κ2) is 14.6. The first-order valence-corrected chi connectivity index (χ1v) is 12.7. The number of rotatable bonds is 16. The number of carboxylic acid groups (broad SMARTS) is 2. The van der Waals surface area contributed by atoms with Crippen LogP contribution in [0.2, 0.25) is 0 Å². The molecule has 2 rings (SSSR count). The van der Waals surface area contributed by atoms with E-state index in [0.717, 1.165) is 10.9 Å². The van der Waals surface area contributed by atoms with E-state index < -0.39 is 72.6 Å². The minimum Gasteiger partial charge on any atom is -0.481 e. The summed E-state index contributed by atoms with van der Waals surface area (Å²) < 4.78 is 0. The van der Waals surface area contributed by atoms with Gasteiger partial charge in [0.2, 0.25) is 23.6 Å². The minimum absolute atomic E-state index is 0.0749. The number of hydrogen-bond donors (Lipinski definition) is 8. The van der Waals surface area contributed by atoms with E-state index in [9.17, 15) is 33.9 Å². The molecule has 0 aliphatic carbocycles. The van der Waals surface area contributed by atoms with Crippen LogP contribution in [0.25, 0.3) is 10.9 Å². The van der Waals surface area contributed by atoms with E-state index in [-0.39, 0.29) is 25.2 Å². The number of aromatic nitrogens is 1. The van der Waals surface area contributed by atoms with Gasteiger partial charge in [-0.2, -0.15) is 0 Å². The third-order valence-electron chi connectivity index (χ3n) is 6.09. The largest absolute Gasteiger partial charge is 0.481 e. The maximum absolute atomic E-state index is 13.1. The van der Waals surface area contributed by atoms with Crippen molar-refractivity contribution in [1.29, 1.82) is 0 Å². The first-order chi connectivity index (χ1) is 18.8. The molecule has 1 heterocycles. The topological polar surface area (TPSA) is 247 Å². The zero-order valence-electron chi connectivity index (χ0n) is 22.3. The Hall–Kier alpha value is -4.46. The number of aliphatic carboxylic acids is 2. The Morgan fingerprint density at radius 2 is 1.50 bits per heavy atom. The molecule has 4 atom stereocenters. The first kappa shape index (κ1) is 31.8. The molecule has 10 N–H and O–H groups in total. The molecule has 0 saturated heterocycles. The third kappa shape index (κ3) is 9.69. The highest BCUT2D eigenvalue weighted by Gasteiger charge is 2.31. The summed E-state index contributed by atoms with van der Waals surface area (Å²) in [5.41, 5.74) is 12.2. The minimum atomic E-state index is -1.42. The SMILES string of the molecule is CC(C)CC(NC(=O)C(N)CC(N)=O)C(=O)NC(CCC(=O)O)C(=O)NC(Cc1c[nH]c2ccccc12)C(=O)O. The average molecular weight is 561 g/mol. The number of H-pyrrole nitrogens is 1. The van der Waals surface area contributed by atoms with Gasteiger partial charge in [-0.1, -0.05) is 32.0 Å². The van der Waals surface area contributed by atoms with Crippen molar-refractivity contribution in [2.45, 2.75) is 70.1 Å². The zero-order chi connectivity index (χ0) is 30.0. The number of aromatic amines is 1. The highest BCUT2D eigenvalue weighted by atomic mass is 16.4. The molecule has 2 aromatic rings. The molecular formula is C26H36N6O8. The van der Waals surface area contributed by atoms with Crippen LogP contribution in [0.5, 0.6) is 0 Å². The lowest BCUT2D eigenvalue weighted by atomic mass is 10.0. The number of carboxylic acids is 2. The van der Waals surface area contributed by atoms with Crippen molar-refractivity contribution in [3.63, 3.8) is 0 Å². The van der Waals surface area contributed by atoms with Gasteiger partial charge in [-0.25, -0.2) is 4.79 Å². The number of primary amides is 1. The molecule has 218 valence electrons. The van der Waals surface area contributed by atoms with Gasteiger partial charge in [0.1, 0.15) is 18.1 Å². The number of nitrogens with two attached hydrogens (primary N) is 2. The zero-order valence-corrected chi connectivity index (χ0v) is 22.3. The number of carbonyl (C=O) groups is 6. The summed E-state index contributed by atoms with van der Waals surface area (Å²) >= 11 is 0. The second-order valence-electron chi connectivity index (χ2n) is 9.92. The van der Waals surface area contributed by atoms with Crippen LogP contribution in [-0.4, -0.2) is 74.9 Å². The van der Waals surface area contributed by atoms with Gasteiger partial charge in [-0.15, -0.1) is 0 Å². The Balaban J connectivity index is 2.20. The van der Waals surface area contributed by atoms with E-state index in [1.807, 2.05) is 12.1 Å². The number of fused-ring (bicyclic) bond motifs is 1. The molecule has 4 amide bonds. The van der Waals surface area contributed by atoms with Crippen molar-refractivity contribution in [1.82, 2.24) is 20.9 Å². The van der Waals surface area contributed by atoms with E-state index in [1.165, 1.54) is 0 Å². The first-order valence-electron chi connectivity index (χ1n) is 12.7. The van der Waals surface area contributed by atoms with Gasteiger partial charge in [0, 0.05) is 29.9 Å². The second-order valence-corrected chi connectivity index (χ2v) is 9.92. The number of nitrogens with one attached hydrogen (secondary N) is 4. The predicted octanol–water partition coefficient (Wildman–Crippen LogP) is -0.637. The summed E-state index contributed by atoms with van der Waals surface area (Å²) in [4.78, 5) is 76.1. The van der Waals surface area contributed by atoms with Gasteiger partial charge in [-0.05, 0) is 30.4 Å². The van der Waals surface area contributed by atoms with Crippen molar-refractivity contribution in [3.8, 4) is 0 Å². The molecule has 14 nitrogen and oxygen atoms in total. The molecular weight excluding hydrogens is 524 g/mol. The summed E-state index contributed by atoms with van der Waals surface area (Å²) in [6.07, 6.45) is 0.414. The fourth-order valence-corrected chi connectivity index (χ4v) is 4.09. The van der Waals surface area contributed by atoms with Crippen LogP contribution in [0.3, 0.4) is 0 Å². The smallest absolute Gasteiger partial charge is 0.326 e. The Morgan fingerprint density at radius 1 is 0.900 bits per heavy atom. The Morgan fingerprint density at radius 3 is 2.10 bits per heavy atom. The van der Waals surface area contributed by atoms with E-state index >= 15 is 0 Å². The van der Waals surface area contributed by atoms with E-state index in [1.54, 1.807) is 32.2 Å². The van der Waals surface area contributed by atoms with Crippen LogP contribution < -0.4 is 27.4 Å². The molecule has 40 heavy (non-hydrogen) atoms. The highest BCUT2D eigenvalue weighted by molar-refractivity contribution is 5.95. The van der Waals surface area contributed by atoms with Gasteiger partial charge >= 0.3 is 11.9 Å². The van der Waals surface area contributed by atoms with Crippen molar-refractivity contribution < 1.29 is 39.0 Å². The number of para-hydroxylation sites is 1. The summed E-state index contributed by atoms with van der Waals surface area (Å²) in [7, 11) is 0. The summed E-state index contributed by atoms with van der Waals surface area (Å²) in [5, 5.41) is 27.0. The van der Waals surface area contributed by atoms with Gasteiger partial charge in [-0.3, -0.25) is 24.0 Å². The number of hydrogen-bond acceptors (Lipinski definition) is 7. The molecule has 14 heteroatoms. The molecule has 0 radical (unpaired) electrons. The number of carbonyl (C=O) groups excluding carboxylic acids is 4. The third-order valence-corrected chi connectivity index (χ3v) is 6.09. The predicted molar refractivity (Wildman–Crippen MR) is 144 cm³/mol. The quantitative estimate of drug-likeness (QED) is 0.130. The monoisotopic (exact) mass is 560 g/mol. The Kier molecular flexibility index (Phi) is 11.6. The van der Waals surface area contributed by atoms with E-state index in [4.69, 9.17) is 16.6 Å². The maximum atomic E-state index is 13.1. The van der Waals surface area contributed by atoms with Gasteiger partial charge in [0.25, 0.3) is 0 Å². The number of benzene rings is 1. The fourth-order valence-electron chi connectivity index (χ4n) is 4.09. The van der Waals surface area contributed by atoms with Crippen molar-refractivity contribution >= 4 is 46.5 Å². The van der Waals surface area contributed by atoms with Crippen LogP contribution >= 0.6 is 0 Å². The molecule has 1 aromatic carbocycles. The maximum Gasteiger partial charge on any atom is 0.326 e. The molecule has 0 saturated carbocycles. The molecule has 0 fully saturated rings. The van der Waals surface area contributed by atoms with Crippen LogP contribution in [-0.2, 0) is 35.2 Å². The van der Waals surface area contributed by atoms with Crippen LogP contribution in [0.15, 0.2) is 30.5 Å². The summed E-state index contributed by atoms with van der Waals surface area (Å²) in [6.45, 7) is 3.57. The van der Waals surface area contributed by atoms with E-state index in [0.29, 0.717) is 5.56 Å². The Bertz CT molecular complexity index is 1240. The van der Waals surface area contributed by atoms with Crippen LogP contribution in [0.4, 0.5) is 0 Å². The van der Waals surface area contributed by atoms with Crippen molar-refractivity contribution in [2.75, 3.05) is 0 Å². The Labute approximate surface area is 230 Å². The molecule has 0 aliphatic heterocycles.